The van der Waals surface area contributed by atoms with Crippen molar-refractivity contribution in [1.82, 2.24) is 0 Å². The van der Waals surface area contributed by atoms with Gasteiger partial charge in [0.2, 0.25) is 0 Å². The summed E-state index contributed by atoms with van der Waals surface area (Å²) in [7, 11) is 3.15. The van der Waals surface area contributed by atoms with Crippen molar-refractivity contribution in [3.63, 3.8) is 0 Å². The Labute approximate surface area is 88.6 Å². The smallest absolute Gasteiger partial charge is 0.337 e. The van der Waals surface area contributed by atoms with Crippen LogP contribution < -0.4 is 16.4 Å². The molecule has 5 nitrogen and oxygen atoms in total. The van der Waals surface area contributed by atoms with Gasteiger partial charge in [-0.15, -0.1) is 0 Å². The molecule has 0 bridgehead atoms. The number of carbonyl (C=O) groups excluding carboxylic acids is 1. The molecule has 5 heteroatoms. The van der Waals surface area contributed by atoms with E-state index in [9.17, 15) is 4.79 Å². The van der Waals surface area contributed by atoms with Crippen LogP contribution in [0.5, 0.6) is 0 Å². The molecule has 0 aliphatic heterocycles. The first kappa shape index (κ1) is 11.3. The molecule has 0 unspecified atom stereocenters. The molecule has 0 radical (unpaired) electrons. The number of benzene rings is 1. The number of methoxy groups -OCH3 is 1. The van der Waals surface area contributed by atoms with Gasteiger partial charge >= 0.3 is 5.97 Å². The maximum Gasteiger partial charge on any atom is 0.337 e. The summed E-state index contributed by atoms with van der Waals surface area (Å²) in [6.45, 7) is 0.305. The SMILES string of the molecule is CNc1ccc(C(=O)OC)cc1NCN. The Kier molecular flexibility index (Phi) is 3.93. The standard InChI is InChI=1S/C10H15N3O2/c1-12-8-4-3-7(10(14)15-2)5-9(8)13-6-11/h3-5,12-13H,6,11H2,1-2H3. The van der Waals surface area contributed by atoms with Crippen LogP contribution in [0.15, 0.2) is 18.2 Å². The molecule has 0 aromatic heterocycles. The number of hydrogen-bond donors (Lipinski definition) is 3. The van der Waals surface area contributed by atoms with Gasteiger partial charge in [0.05, 0.1) is 30.7 Å². The Morgan fingerprint density at radius 3 is 2.73 bits per heavy atom. The molecule has 15 heavy (non-hydrogen) atoms. The number of nitrogens with one attached hydrogen (secondary N) is 2. The van der Waals surface area contributed by atoms with Crippen molar-refractivity contribution in [2.24, 2.45) is 5.73 Å². The molecule has 0 aliphatic carbocycles. The maximum absolute atomic E-state index is 11.3. The van der Waals surface area contributed by atoms with E-state index < -0.39 is 0 Å². The van der Waals surface area contributed by atoms with E-state index in [-0.39, 0.29) is 5.97 Å². The third-order valence-corrected chi connectivity index (χ3v) is 2.00. The average Bonchev–Trinajstić information content (AvgIpc) is 2.28. The average molecular weight is 209 g/mol. The van der Waals surface area contributed by atoms with Crippen LogP contribution in [-0.4, -0.2) is 26.8 Å². The Balaban J connectivity index is 3.04. The molecule has 0 amide bonds. The summed E-state index contributed by atoms with van der Waals surface area (Å²) in [6, 6.07) is 5.19. The lowest BCUT2D eigenvalue weighted by Crippen LogP contribution is -2.13. The molecular weight excluding hydrogens is 194 g/mol. The fourth-order valence-corrected chi connectivity index (χ4v) is 1.26. The fourth-order valence-electron chi connectivity index (χ4n) is 1.26. The van der Waals surface area contributed by atoms with Gasteiger partial charge in [0, 0.05) is 7.05 Å². The Hall–Kier alpha value is -1.75. The first-order valence-corrected chi connectivity index (χ1v) is 4.57. The second-order valence-corrected chi connectivity index (χ2v) is 2.88. The molecule has 4 N–H and O–H groups in total. The van der Waals surface area contributed by atoms with E-state index in [1.165, 1.54) is 7.11 Å². The minimum Gasteiger partial charge on any atom is -0.465 e. The molecule has 0 spiro atoms. The summed E-state index contributed by atoms with van der Waals surface area (Å²) in [5.74, 6) is -0.363. The highest BCUT2D eigenvalue weighted by Gasteiger charge is 2.08. The minimum absolute atomic E-state index is 0.305. The van der Waals surface area contributed by atoms with Crippen LogP contribution in [-0.2, 0) is 4.74 Å². The van der Waals surface area contributed by atoms with Crippen LogP contribution in [0.25, 0.3) is 0 Å². The van der Waals surface area contributed by atoms with Gasteiger partial charge < -0.3 is 21.1 Å². The third kappa shape index (κ3) is 2.60. The van der Waals surface area contributed by atoms with Crippen LogP contribution in [0.4, 0.5) is 11.4 Å². The topological polar surface area (TPSA) is 76.4 Å². The van der Waals surface area contributed by atoms with Gasteiger partial charge in [-0.05, 0) is 18.2 Å². The van der Waals surface area contributed by atoms with E-state index in [1.807, 2.05) is 0 Å². The first-order chi connectivity index (χ1) is 7.22. The van der Waals surface area contributed by atoms with E-state index in [0.29, 0.717) is 12.2 Å². The number of esters is 1. The van der Waals surface area contributed by atoms with Gasteiger partial charge in [0.1, 0.15) is 0 Å². The molecule has 1 aromatic rings. The summed E-state index contributed by atoms with van der Waals surface area (Å²) in [5, 5.41) is 5.95. The lowest BCUT2D eigenvalue weighted by molar-refractivity contribution is 0.0601. The summed E-state index contributed by atoms with van der Waals surface area (Å²) in [5.41, 5.74) is 7.54. The Morgan fingerprint density at radius 2 is 2.20 bits per heavy atom. The number of hydrogen-bond acceptors (Lipinski definition) is 5. The van der Waals surface area contributed by atoms with E-state index in [4.69, 9.17) is 5.73 Å². The normalized spacial score (nSPS) is 9.53. The number of carbonyl (C=O) groups is 1. The van der Waals surface area contributed by atoms with Crippen molar-refractivity contribution in [1.29, 1.82) is 0 Å². The summed E-state index contributed by atoms with van der Waals surface area (Å²) < 4.78 is 4.62. The molecular formula is C10H15N3O2. The lowest BCUT2D eigenvalue weighted by atomic mass is 10.1. The van der Waals surface area contributed by atoms with Crippen molar-refractivity contribution in [2.45, 2.75) is 0 Å². The van der Waals surface area contributed by atoms with Gasteiger partial charge in [-0.1, -0.05) is 0 Å². The zero-order chi connectivity index (χ0) is 11.3. The molecule has 0 fully saturated rings. The molecule has 82 valence electrons. The van der Waals surface area contributed by atoms with E-state index in [1.54, 1.807) is 25.2 Å². The number of nitrogens with two attached hydrogens (primary N) is 1. The summed E-state index contributed by atoms with van der Waals surface area (Å²) >= 11 is 0. The molecule has 0 saturated heterocycles. The predicted molar refractivity (Wildman–Crippen MR) is 60.0 cm³/mol. The summed E-state index contributed by atoms with van der Waals surface area (Å²) in [4.78, 5) is 11.3. The quantitative estimate of drug-likeness (QED) is 0.506. The number of rotatable bonds is 4. The first-order valence-electron chi connectivity index (χ1n) is 4.57. The van der Waals surface area contributed by atoms with E-state index >= 15 is 0 Å². The van der Waals surface area contributed by atoms with Crippen LogP contribution >= 0.6 is 0 Å². The minimum atomic E-state index is -0.363. The van der Waals surface area contributed by atoms with Crippen molar-refractivity contribution >= 4 is 17.3 Å². The highest BCUT2D eigenvalue weighted by molar-refractivity contribution is 5.92. The van der Waals surface area contributed by atoms with E-state index in [0.717, 1.165) is 11.4 Å². The van der Waals surface area contributed by atoms with E-state index in [2.05, 4.69) is 15.4 Å². The van der Waals surface area contributed by atoms with Gasteiger partial charge in [0.15, 0.2) is 0 Å². The second-order valence-electron chi connectivity index (χ2n) is 2.88. The molecule has 1 aromatic carbocycles. The molecule has 1 rings (SSSR count). The molecule has 0 atom stereocenters. The fraction of sp³-hybridized carbons (Fsp3) is 0.300. The van der Waals surface area contributed by atoms with Gasteiger partial charge in [-0.25, -0.2) is 4.79 Å². The highest BCUT2D eigenvalue weighted by atomic mass is 16.5. The highest BCUT2D eigenvalue weighted by Crippen LogP contribution is 2.22. The predicted octanol–water partition coefficient (Wildman–Crippen LogP) is 0.843. The van der Waals surface area contributed by atoms with Gasteiger partial charge in [0.25, 0.3) is 0 Å². The van der Waals surface area contributed by atoms with Gasteiger partial charge in [-0.3, -0.25) is 0 Å². The largest absolute Gasteiger partial charge is 0.465 e. The molecule has 0 heterocycles. The van der Waals surface area contributed by atoms with Crippen molar-refractivity contribution < 1.29 is 9.53 Å². The zero-order valence-corrected chi connectivity index (χ0v) is 8.83. The van der Waals surface area contributed by atoms with Crippen LogP contribution in [0, 0.1) is 0 Å². The molecule has 0 saturated carbocycles. The molecule has 0 aliphatic rings. The zero-order valence-electron chi connectivity index (χ0n) is 8.83. The number of anilines is 2. The van der Waals surface area contributed by atoms with Crippen molar-refractivity contribution in [3.8, 4) is 0 Å². The lowest BCUT2D eigenvalue weighted by Gasteiger charge is -2.11. The Morgan fingerprint density at radius 1 is 1.47 bits per heavy atom. The van der Waals surface area contributed by atoms with Gasteiger partial charge in [-0.2, -0.15) is 0 Å². The monoisotopic (exact) mass is 209 g/mol. The third-order valence-electron chi connectivity index (χ3n) is 2.00. The Bertz CT molecular complexity index is 353. The van der Waals surface area contributed by atoms with Crippen molar-refractivity contribution in [2.75, 3.05) is 31.5 Å². The number of ether oxygens (including phenoxy) is 1. The second kappa shape index (κ2) is 5.21. The maximum atomic E-state index is 11.3. The summed E-state index contributed by atoms with van der Waals surface area (Å²) in [6.07, 6.45) is 0. The van der Waals surface area contributed by atoms with Crippen LogP contribution in [0.1, 0.15) is 10.4 Å². The van der Waals surface area contributed by atoms with Crippen LogP contribution in [0.3, 0.4) is 0 Å². The van der Waals surface area contributed by atoms with Crippen LogP contribution in [0.2, 0.25) is 0 Å². The van der Waals surface area contributed by atoms with Crippen molar-refractivity contribution in [3.05, 3.63) is 23.8 Å².